The molecule has 5 heteroatoms. The minimum Gasteiger partial charge on any atom is -0.487 e. The molecule has 0 bridgehead atoms. The fraction of sp³-hybridized carbons (Fsp3) is 0.188. The van der Waals surface area contributed by atoms with Gasteiger partial charge in [-0.3, -0.25) is 9.97 Å². The second-order valence-corrected chi connectivity index (χ2v) is 4.14. The van der Waals surface area contributed by atoms with Crippen LogP contribution in [0, 0.1) is 0 Å². The summed E-state index contributed by atoms with van der Waals surface area (Å²) < 4.78 is 10.4. The van der Waals surface area contributed by atoms with Crippen molar-refractivity contribution in [2.75, 3.05) is 6.61 Å². The quantitative estimate of drug-likeness (QED) is 0.603. The van der Waals surface area contributed by atoms with E-state index in [0.29, 0.717) is 13.2 Å². The second-order valence-electron chi connectivity index (χ2n) is 4.14. The number of benzene rings is 1. The van der Waals surface area contributed by atoms with E-state index >= 15 is 0 Å². The number of hydrogen-bond acceptors (Lipinski definition) is 5. The third kappa shape index (κ3) is 5.06. The molecule has 0 aliphatic heterocycles. The van der Waals surface area contributed by atoms with Crippen LogP contribution >= 0.6 is 0 Å². The molecule has 5 nitrogen and oxygen atoms in total. The maximum Gasteiger partial charge on any atom is 0.330 e. The Morgan fingerprint density at radius 1 is 1.24 bits per heavy atom. The van der Waals surface area contributed by atoms with Crippen molar-refractivity contribution in [1.82, 2.24) is 9.97 Å². The zero-order chi connectivity index (χ0) is 14.9. The van der Waals surface area contributed by atoms with Gasteiger partial charge in [0.15, 0.2) is 0 Å². The number of carbonyl (C=O) groups is 1. The van der Waals surface area contributed by atoms with E-state index in [1.165, 1.54) is 6.08 Å². The highest BCUT2D eigenvalue weighted by Gasteiger charge is 1.98. The first-order chi connectivity index (χ1) is 10.3. The molecule has 108 valence electrons. The average Bonchev–Trinajstić information content (AvgIpc) is 2.53. The molecule has 1 aromatic heterocycles. The number of rotatable bonds is 6. The Bertz CT molecular complexity index is 595. The van der Waals surface area contributed by atoms with Crippen LogP contribution in [0.5, 0.6) is 5.75 Å². The van der Waals surface area contributed by atoms with Gasteiger partial charge in [-0.15, -0.1) is 0 Å². The Hall–Kier alpha value is -2.69. The lowest BCUT2D eigenvalue weighted by molar-refractivity contribution is -0.137. The largest absolute Gasteiger partial charge is 0.487 e. The van der Waals surface area contributed by atoms with Gasteiger partial charge >= 0.3 is 5.97 Å². The number of nitrogens with zero attached hydrogens (tertiary/aromatic N) is 2. The van der Waals surface area contributed by atoms with Gasteiger partial charge in [0.05, 0.1) is 18.5 Å². The van der Waals surface area contributed by atoms with Gasteiger partial charge in [0, 0.05) is 18.5 Å². The summed E-state index contributed by atoms with van der Waals surface area (Å²) in [6.07, 6.45) is 8.01. The third-order valence-corrected chi connectivity index (χ3v) is 2.58. The molecule has 0 aliphatic rings. The van der Waals surface area contributed by atoms with Gasteiger partial charge in [-0.2, -0.15) is 0 Å². The van der Waals surface area contributed by atoms with E-state index in [2.05, 4.69) is 9.97 Å². The van der Waals surface area contributed by atoms with E-state index in [4.69, 9.17) is 9.47 Å². The van der Waals surface area contributed by atoms with Crippen molar-refractivity contribution in [1.29, 1.82) is 0 Å². The summed E-state index contributed by atoms with van der Waals surface area (Å²) in [4.78, 5) is 19.3. The number of ether oxygens (including phenoxy) is 2. The lowest BCUT2D eigenvalue weighted by atomic mass is 10.2. The van der Waals surface area contributed by atoms with Crippen LogP contribution in [-0.2, 0) is 16.1 Å². The molecule has 0 radical (unpaired) electrons. The second kappa shape index (κ2) is 7.79. The predicted molar refractivity (Wildman–Crippen MR) is 78.5 cm³/mol. The van der Waals surface area contributed by atoms with Crippen molar-refractivity contribution in [3.63, 3.8) is 0 Å². The van der Waals surface area contributed by atoms with E-state index in [-0.39, 0.29) is 5.97 Å². The number of carbonyl (C=O) groups excluding carboxylic acids is 1. The fourth-order valence-corrected chi connectivity index (χ4v) is 1.59. The van der Waals surface area contributed by atoms with E-state index in [1.807, 2.05) is 24.3 Å². The highest BCUT2D eigenvalue weighted by atomic mass is 16.5. The molecule has 1 aromatic carbocycles. The van der Waals surface area contributed by atoms with Gasteiger partial charge in [0.2, 0.25) is 0 Å². The van der Waals surface area contributed by atoms with Crippen molar-refractivity contribution >= 4 is 12.0 Å². The standard InChI is InChI=1S/C16H16N2O3/c1-2-20-16(19)8-5-13-3-6-15(7-4-13)21-12-14-11-17-9-10-18-14/h3-11H,2,12H2,1H3/b8-5+. The first kappa shape index (κ1) is 14.7. The van der Waals surface area contributed by atoms with Crippen LogP contribution in [0.1, 0.15) is 18.2 Å². The van der Waals surface area contributed by atoms with E-state index in [9.17, 15) is 4.79 Å². The molecule has 0 unspecified atom stereocenters. The minimum absolute atomic E-state index is 0.347. The molecular weight excluding hydrogens is 268 g/mol. The summed E-state index contributed by atoms with van der Waals surface area (Å²) in [7, 11) is 0. The molecular formula is C16H16N2O3. The van der Waals surface area contributed by atoms with Gasteiger partial charge < -0.3 is 9.47 Å². The monoisotopic (exact) mass is 284 g/mol. The fourth-order valence-electron chi connectivity index (χ4n) is 1.59. The first-order valence-electron chi connectivity index (χ1n) is 6.60. The lowest BCUT2D eigenvalue weighted by Gasteiger charge is -2.05. The van der Waals surface area contributed by atoms with Gasteiger partial charge in [-0.1, -0.05) is 12.1 Å². The molecule has 0 N–H and O–H groups in total. The zero-order valence-corrected chi connectivity index (χ0v) is 11.7. The van der Waals surface area contributed by atoms with Crippen molar-refractivity contribution in [3.05, 3.63) is 60.2 Å². The SMILES string of the molecule is CCOC(=O)/C=C/c1ccc(OCc2cnccn2)cc1. The normalized spacial score (nSPS) is 10.5. The van der Waals surface area contributed by atoms with Crippen LogP contribution in [0.15, 0.2) is 48.9 Å². The third-order valence-electron chi connectivity index (χ3n) is 2.58. The summed E-state index contributed by atoms with van der Waals surface area (Å²) in [6, 6.07) is 7.39. The van der Waals surface area contributed by atoms with Crippen molar-refractivity contribution in [2.24, 2.45) is 0 Å². The van der Waals surface area contributed by atoms with Gasteiger partial charge in [-0.05, 0) is 30.7 Å². The molecule has 0 aliphatic carbocycles. The molecule has 0 saturated carbocycles. The van der Waals surface area contributed by atoms with Crippen LogP contribution < -0.4 is 4.74 Å². The molecule has 1 heterocycles. The molecule has 2 rings (SSSR count). The van der Waals surface area contributed by atoms with Crippen LogP contribution in [0.2, 0.25) is 0 Å². The van der Waals surface area contributed by atoms with Crippen molar-refractivity contribution in [2.45, 2.75) is 13.5 Å². The molecule has 21 heavy (non-hydrogen) atoms. The summed E-state index contributed by atoms with van der Waals surface area (Å²) >= 11 is 0. The number of esters is 1. The van der Waals surface area contributed by atoms with Crippen LogP contribution in [0.3, 0.4) is 0 Å². The van der Waals surface area contributed by atoms with E-state index in [0.717, 1.165) is 17.0 Å². The summed E-state index contributed by atoms with van der Waals surface area (Å²) in [6.45, 7) is 2.51. The van der Waals surface area contributed by atoms with Gasteiger partial charge in [0.1, 0.15) is 12.4 Å². The van der Waals surface area contributed by atoms with Crippen LogP contribution in [-0.4, -0.2) is 22.5 Å². The number of hydrogen-bond donors (Lipinski definition) is 0. The Balaban J connectivity index is 1.88. The van der Waals surface area contributed by atoms with E-state index in [1.54, 1.807) is 31.6 Å². The Morgan fingerprint density at radius 2 is 2.05 bits per heavy atom. The highest BCUT2D eigenvalue weighted by molar-refractivity contribution is 5.87. The van der Waals surface area contributed by atoms with Crippen LogP contribution in [0.4, 0.5) is 0 Å². The average molecular weight is 284 g/mol. The molecule has 0 amide bonds. The topological polar surface area (TPSA) is 61.3 Å². The smallest absolute Gasteiger partial charge is 0.330 e. The minimum atomic E-state index is -0.347. The van der Waals surface area contributed by atoms with Gasteiger partial charge in [-0.25, -0.2) is 4.79 Å². The molecule has 0 atom stereocenters. The Morgan fingerprint density at radius 3 is 2.71 bits per heavy atom. The highest BCUT2D eigenvalue weighted by Crippen LogP contribution is 2.14. The Kier molecular flexibility index (Phi) is 5.46. The number of aromatic nitrogens is 2. The lowest BCUT2D eigenvalue weighted by Crippen LogP contribution is -1.99. The van der Waals surface area contributed by atoms with Crippen molar-refractivity contribution in [3.8, 4) is 5.75 Å². The zero-order valence-electron chi connectivity index (χ0n) is 11.7. The molecule has 2 aromatic rings. The summed E-state index contributed by atoms with van der Waals surface area (Å²) in [5, 5.41) is 0. The summed E-state index contributed by atoms with van der Waals surface area (Å²) in [5.41, 5.74) is 1.67. The van der Waals surface area contributed by atoms with Crippen LogP contribution in [0.25, 0.3) is 6.08 Å². The van der Waals surface area contributed by atoms with Crippen molar-refractivity contribution < 1.29 is 14.3 Å². The van der Waals surface area contributed by atoms with Gasteiger partial charge in [0.25, 0.3) is 0 Å². The maximum atomic E-state index is 11.2. The first-order valence-corrected chi connectivity index (χ1v) is 6.60. The molecule has 0 saturated heterocycles. The molecule has 0 spiro atoms. The molecule has 0 fully saturated rings. The Labute approximate surface area is 123 Å². The predicted octanol–water partition coefficient (Wildman–Crippen LogP) is 2.63. The summed E-state index contributed by atoms with van der Waals surface area (Å²) in [5.74, 6) is 0.384. The maximum absolute atomic E-state index is 11.2. The van der Waals surface area contributed by atoms with E-state index < -0.39 is 0 Å².